The van der Waals surface area contributed by atoms with E-state index in [0.717, 1.165) is 25.7 Å². The van der Waals surface area contributed by atoms with E-state index in [0.29, 0.717) is 13.0 Å². The van der Waals surface area contributed by atoms with Gasteiger partial charge in [-0.05, 0) is 26.7 Å². The number of hydrogen-bond donors (Lipinski definition) is 3. The molecule has 116 valence electrons. The van der Waals surface area contributed by atoms with Crippen LogP contribution < -0.4 is 0 Å². The van der Waals surface area contributed by atoms with Crippen LogP contribution in [0, 0.1) is 0 Å². The van der Waals surface area contributed by atoms with Crippen molar-refractivity contribution in [3.05, 3.63) is 0 Å². The number of aliphatic hydroxyl groups is 3. The SMILES string of the molecule is CC(C)(O)C(O)CCCCCCCCCCCCO. The Kier molecular flexibility index (Phi) is 11.6. The van der Waals surface area contributed by atoms with Gasteiger partial charge < -0.3 is 15.3 Å². The molecular formula is C16H34O3. The predicted octanol–water partition coefficient (Wildman–Crippen LogP) is 3.40. The largest absolute Gasteiger partial charge is 0.396 e. The molecule has 0 aliphatic heterocycles. The highest BCUT2D eigenvalue weighted by atomic mass is 16.3. The van der Waals surface area contributed by atoms with E-state index in [2.05, 4.69) is 0 Å². The predicted molar refractivity (Wildman–Crippen MR) is 80.2 cm³/mol. The molecule has 0 saturated carbocycles. The van der Waals surface area contributed by atoms with E-state index in [9.17, 15) is 10.2 Å². The van der Waals surface area contributed by atoms with Crippen molar-refractivity contribution in [2.24, 2.45) is 0 Å². The second kappa shape index (κ2) is 11.7. The van der Waals surface area contributed by atoms with Crippen molar-refractivity contribution < 1.29 is 15.3 Å². The van der Waals surface area contributed by atoms with Crippen LogP contribution in [0.15, 0.2) is 0 Å². The molecule has 0 aliphatic carbocycles. The van der Waals surface area contributed by atoms with Gasteiger partial charge in [0.2, 0.25) is 0 Å². The van der Waals surface area contributed by atoms with Crippen LogP contribution in [0.4, 0.5) is 0 Å². The van der Waals surface area contributed by atoms with Crippen LogP contribution in [-0.4, -0.2) is 33.6 Å². The maximum Gasteiger partial charge on any atom is 0.0849 e. The lowest BCUT2D eigenvalue weighted by atomic mass is 9.96. The third-order valence-corrected chi connectivity index (χ3v) is 3.70. The Bertz CT molecular complexity index is 187. The van der Waals surface area contributed by atoms with E-state index in [1.54, 1.807) is 13.8 Å². The monoisotopic (exact) mass is 274 g/mol. The Morgan fingerprint density at radius 3 is 1.47 bits per heavy atom. The van der Waals surface area contributed by atoms with Crippen molar-refractivity contribution in [1.29, 1.82) is 0 Å². The summed E-state index contributed by atoms with van der Waals surface area (Å²) in [5.41, 5.74) is -0.964. The second-order valence-electron chi connectivity index (χ2n) is 6.22. The first-order chi connectivity index (χ1) is 8.98. The van der Waals surface area contributed by atoms with Gasteiger partial charge >= 0.3 is 0 Å². The van der Waals surface area contributed by atoms with Gasteiger partial charge in [-0.25, -0.2) is 0 Å². The van der Waals surface area contributed by atoms with Crippen molar-refractivity contribution >= 4 is 0 Å². The molecule has 3 N–H and O–H groups in total. The number of unbranched alkanes of at least 4 members (excludes halogenated alkanes) is 9. The van der Waals surface area contributed by atoms with Crippen LogP contribution in [0.25, 0.3) is 0 Å². The summed E-state index contributed by atoms with van der Waals surface area (Å²) in [7, 11) is 0. The molecule has 0 aromatic rings. The third kappa shape index (κ3) is 12.6. The van der Waals surface area contributed by atoms with Gasteiger partial charge in [-0.15, -0.1) is 0 Å². The Morgan fingerprint density at radius 2 is 1.11 bits per heavy atom. The molecule has 1 unspecified atom stereocenters. The minimum atomic E-state index is -0.964. The molecule has 0 fully saturated rings. The first-order valence-corrected chi connectivity index (χ1v) is 7.99. The summed E-state index contributed by atoms with van der Waals surface area (Å²) in [6.07, 6.45) is 12.0. The third-order valence-electron chi connectivity index (χ3n) is 3.70. The van der Waals surface area contributed by atoms with Gasteiger partial charge in [0.15, 0.2) is 0 Å². The van der Waals surface area contributed by atoms with Gasteiger partial charge in [-0.2, -0.15) is 0 Å². The van der Waals surface area contributed by atoms with Crippen molar-refractivity contribution in [2.75, 3.05) is 6.61 Å². The highest BCUT2D eigenvalue weighted by molar-refractivity contribution is 4.75. The average molecular weight is 274 g/mol. The van der Waals surface area contributed by atoms with Gasteiger partial charge in [0.05, 0.1) is 11.7 Å². The van der Waals surface area contributed by atoms with Gasteiger partial charge in [-0.1, -0.05) is 57.8 Å². The fraction of sp³-hybridized carbons (Fsp3) is 1.00. The van der Waals surface area contributed by atoms with E-state index in [1.165, 1.54) is 38.5 Å². The molecule has 3 heteroatoms. The minimum Gasteiger partial charge on any atom is -0.396 e. The van der Waals surface area contributed by atoms with Crippen molar-refractivity contribution in [3.8, 4) is 0 Å². The fourth-order valence-corrected chi connectivity index (χ4v) is 2.22. The highest BCUT2D eigenvalue weighted by Crippen LogP contribution is 2.16. The Morgan fingerprint density at radius 1 is 0.737 bits per heavy atom. The number of hydrogen-bond acceptors (Lipinski definition) is 3. The van der Waals surface area contributed by atoms with Gasteiger partial charge in [-0.3, -0.25) is 0 Å². The van der Waals surface area contributed by atoms with Crippen molar-refractivity contribution in [1.82, 2.24) is 0 Å². The standard InChI is InChI=1S/C16H34O3/c1-16(2,19)15(18)13-11-9-7-5-3-4-6-8-10-12-14-17/h15,17-19H,3-14H2,1-2H3. The number of rotatable bonds is 13. The Labute approximate surface area is 119 Å². The molecule has 0 bridgehead atoms. The molecule has 0 aliphatic rings. The second-order valence-corrected chi connectivity index (χ2v) is 6.22. The van der Waals surface area contributed by atoms with E-state index >= 15 is 0 Å². The summed E-state index contributed by atoms with van der Waals surface area (Å²) in [5, 5.41) is 27.9. The first-order valence-electron chi connectivity index (χ1n) is 7.99. The lowest BCUT2D eigenvalue weighted by Crippen LogP contribution is -2.35. The molecule has 0 aromatic carbocycles. The summed E-state index contributed by atoms with van der Waals surface area (Å²) in [6, 6.07) is 0. The zero-order valence-electron chi connectivity index (χ0n) is 12.9. The molecular weight excluding hydrogens is 240 g/mol. The zero-order valence-corrected chi connectivity index (χ0v) is 12.9. The molecule has 1 atom stereocenters. The van der Waals surface area contributed by atoms with Crippen molar-refractivity contribution in [3.63, 3.8) is 0 Å². The molecule has 0 rings (SSSR count). The molecule has 0 saturated heterocycles. The van der Waals surface area contributed by atoms with Gasteiger partial charge in [0.25, 0.3) is 0 Å². The first kappa shape index (κ1) is 18.9. The fourth-order valence-electron chi connectivity index (χ4n) is 2.22. The van der Waals surface area contributed by atoms with Crippen molar-refractivity contribution in [2.45, 2.75) is 96.2 Å². The van der Waals surface area contributed by atoms with Crippen LogP contribution in [0.1, 0.15) is 84.5 Å². The summed E-state index contributed by atoms with van der Waals surface area (Å²) in [6.45, 7) is 3.65. The Hall–Kier alpha value is -0.120. The molecule has 19 heavy (non-hydrogen) atoms. The maximum absolute atomic E-state index is 9.66. The maximum atomic E-state index is 9.66. The van der Waals surface area contributed by atoms with Crippen LogP contribution in [0.2, 0.25) is 0 Å². The zero-order chi connectivity index (χ0) is 14.6. The van der Waals surface area contributed by atoms with Crippen LogP contribution in [0.3, 0.4) is 0 Å². The van der Waals surface area contributed by atoms with Gasteiger partial charge in [0.1, 0.15) is 0 Å². The lowest BCUT2D eigenvalue weighted by Gasteiger charge is -2.24. The molecule has 0 amide bonds. The van der Waals surface area contributed by atoms with Crippen LogP contribution >= 0.6 is 0 Å². The van der Waals surface area contributed by atoms with Crippen LogP contribution in [-0.2, 0) is 0 Å². The highest BCUT2D eigenvalue weighted by Gasteiger charge is 2.23. The van der Waals surface area contributed by atoms with E-state index in [4.69, 9.17) is 5.11 Å². The smallest absolute Gasteiger partial charge is 0.0849 e. The quantitative estimate of drug-likeness (QED) is 0.451. The normalized spacial score (nSPS) is 13.7. The topological polar surface area (TPSA) is 60.7 Å². The van der Waals surface area contributed by atoms with E-state index in [1.807, 2.05) is 0 Å². The number of aliphatic hydroxyl groups excluding tert-OH is 2. The Balaban J connectivity index is 3.15. The average Bonchev–Trinajstić information content (AvgIpc) is 2.34. The summed E-state index contributed by atoms with van der Waals surface area (Å²) in [5.74, 6) is 0. The molecule has 3 nitrogen and oxygen atoms in total. The van der Waals surface area contributed by atoms with Gasteiger partial charge in [0, 0.05) is 6.61 Å². The lowest BCUT2D eigenvalue weighted by molar-refractivity contribution is -0.0522. The molecule has 0 heterocycles. The summed E-state index contributed by atoms with van der Waals surface area (Å²) in [4.78, 5) is 0. The minimum absolute atomic E-state index is 0.330. The van der Waals surface area contributed by atoms with E-state index in [-0.39, 0.29) is 0 Å². The molecule has 0 spiro atoms. The molecule has 0 radical (unpaired) electrons. The van der Waals surface area contributed by atoms with Crippen LogP contribution in [0.5, 0.6) is 0 Å². The molecule has 0 aromatic heterocycles. The summed E-state index contributed by atoms with van der Waals surface area (Å²) >= 11 is 0. The summed E-state index contributed by atoms with van der Waals surface area (Å²) < 4.78 is 0. The van der Waals surface area contributed by atoms with E-state index < -0.39 is 11.7 Å².